The average Bonchev–Trinajstić information content (AvgIpc) is 1.12. The first kappa shape index (κ1) is 82.4. The van der Waals surface area contributed by atoms with Crippen molar-refractivity contribution in [3.63, 3.8) is 0 Å². The highest BCUT2D eigenvalue weighted by Gasteiger charge is 2.35. The number of carbonyl (C=O) groups excluding carboxylic acids is 10. The maximum atomic E-state index is 14.6. The topological polar surface area (TPSA) is 694 Å². The molecule has 0 aromatic rings. The number of nitrogens with one attached hydrogen (secondary N) is 17. The maximum Gasteiger partial charge on any atom is 0.327 e. The van der Waals surface area contributed by atoms with Gasteiger partial charge in [-0.2, -0.15) is 12.6 Å². The minimum absolute atomic E-state index is 0.00218. The van der Waals surface area contributed by atoms with Crippen molar-refractivity contribution in [2.24, 2.45) is 51.6 Å². The molecule has 0 aromatic heterocycles. The van der Waals surface area contributed by atoms with Crippen LogP contribution >= 0.6 is 12.6 Å². The van der Waals surface area contributed by atoms with Crippen LogP contribution in [-0.4, -0.2) is 206 Å². The molecular formula is C52H102N26O12S. The summed E-state index contributed by atoms with van der Waals surface area (Å²) in [6, 6.07) is -12.9. The summed E-state index contributed by atoms with van der Waals surface area (Å²) < 4.78 is 0. The Labute approximate surface area is 534 Å². The molecule has 0 aliphatic rings. The highest BCUT2D eigenvalue weighted by Crippen LogP contribution is 2.12. The van der Waals surface area contributed by atoms with E-state index in [2.05, 4.69) is 81.7 Å². The Kier molecular flexibility index (Phi) is 43.8. The first-order valence-corrected chi connectivity index (χ1v) is 30.7. The van der Waals surface area contributed by atoms with Crippen molar-refractivity contribution < 1.29 is 57.8 Å². The molecule has 0 heterocycles. The number of unbranched alkanes of at least 4 members (excludes halogenated alkanes) is 3. The van der Waals surface area contributed by atoms with Gasteiger partial charge in [0.2, 0.25) is 59.1 Å². The van der Waals surface area contributed by atoms with Crippen molar-refractivity contribution in [1.29, 1.82) is 21.6 Å². The van der Waals surface area contributed by atoms with Gasteiger partial charge in [0, 0.05) is 38.4 Å². The van der Waals surface area contributed by atoms with Gasteiger partial charge < -0.3 is 126 Å². The summed E-state index contributed by atoms with van der Waals surface area (Å²) in [7, 11) is 0. The van der Waals surface area contributed by atoms with E-state index in [0.29, 0.717) is 32.1 Å². The highest BCUT2D eigenvalue weighted by atomic mass is 32.1. The second-order valence-corrected chi connectivity index (χ2v) is 21.5. The zero-order valence-corrected chi connectivity index (χ0v) is 52.5. The average molecular weight is 1320 g/mol. The number of carboxylic acids is 1. The van der Waals surface area contributed by atoms with E-state index in [9.17, 15) is 57.8 Å². The van der Waals surface area contributed by atoms with Crippen LogP contribution < -0.4 is 121 Å². The van der Waals surface area contributed by atoms with Crippen LogP contribution in [0, 0.1) is 21.6 Å². The largest absolute Gasteiger partial charge is 0.480 e. The third-order valence-electron chi connectivity index (χ3n) is 13.5. The van der Waals surface area contributed by atoms with Crippen LogP contribution in [0.3, 0.4) is 0 Å². The van der Waals surface area contributed by atoms with Gasteiger partial charge in [-0.25, -0.2) is 4.79 Å². The number of rotatable bonds is 51. The minimum atomic E-state index is -1.64. The fourth-order valence-corrected chi connectivity index (χ4v) is 8.90. The maximum absolute atomic E-state index is 14.6. The Hall–Kier alpha value is -8.56. The molecule has 0 fully saturated rings. The molecule has 91 heavy (non-hydrogen) atoms. The van der Waals surface area contributed by atoms with Gasteiger partial charge >= 0.3 is 5.97 Å². The molecule has 0 aliphatic heterocycles. The number of guanidine groups is 4. The molecule has 0 aromatic carbocycles. The lowest BCUT2D eigenvalue weighted by molar-refractivity contribution is -0.141. The predicted molar refractivity (Wildman–Crippen MR) is 342 cm³/mol. The zero-order valence-electron chi connectivity index (χ0n) is 51.6. The Morgan fingerprint density at radius 2 is 0.549 bits per heavy atom. The van der Waals surface area contributed by atoms with E-state index in [4.69, 9.17) is 73.2 Å². The van der Waals surface area contributed by atoms with Crippen LogP contribution in [0.5, 0.6) is 0 Å². The molecule has 39 heteroatoms. The molecule has 518 valence electrons. The molecule has 0 aliphatic carbocycles. The van der Waals surface area contributed by atoms with Gasteiger partial charge in [0.25, 0.3) is 0 Å². The number of amides is 10. The normalized spacial score (nSPS) is 13.8. The van der Waals surface area contributed by atoms with Crippen LogP contribution in [0.1, 0.15) is 122 Å². The van der Waals surface area contributed by atoms with Gasteiger partial charge in [0.1, 0.15) is 54.4 Å². The lowest BCUT2D eigenvalue weighted by atomic mass is 10.0. The summed E-state index contributed by atoms with van der Waals surface area (Å²) in [5.74, 6) is -12.1. The number of carboxylic acid groups (broad SMARTS) is 1. The predicted octanol–water partition coefficient (Wildman–Crippen LogP) is -8.97. The molecule has 0 spiro atoms. The van der Waals surface area contributed by atoms with Gasteiger partial charge in [0.15, 0.2) is 23.8 Å². The number of carbonyl (C=O) groups is 11. The first-order valence-electron chi connectivity index (χ1n) is 30.1. The van der Waals surface area contributed by atoms with E-state index < -0.39 is 157 Å². The Morgan fingerprint density at radius 1 is 0.330 bits per heavy atom. The zero-order chi connectivity index (χ0) is 68.8. The molecule has 38 nitrogen and oxygen atoms in total. The van der Waals surface area contributed by atoms with E-state index in [1.54, 1.807) is 0 Å². The fourth-order valence-electron chi connectivity index (χ4n) is 8.65. The van der Waals surface area contributed by atoms with E-state index >= 15 is 0 Å². The molecule has 36 N–H and O–H groups in total. The molecule has 0 saturated heterocycles. The summed E-state index contributed by atoms with van der Waals surface area (Å²) in [5.41, 5.74) is 50.1. The second-order valence-electron chi connectivity index (χ2n) is 21.1. The smallest absolute Gasteiger partial charge is 0.327 e. The monoisotopic (exact) mass is 1310 g/mol. The number of primary amides is 1. The van der Waals surface area contributed by atoms with Crippen LogP contribution in [0.15, 0.2) is 0 Å². The Morgan fingerprint density at radius 3 is 0.747 bits per heavy atom. The highest BCUT2D eigenvalue weighted by molar-refractivity contribution is 7.80. The van der Waals surface area contributed by atoms with E-state index in [0.717, 1.165) is 0 Å². The van der Waals surface area contributed by atoms with E-state index in [1.807, 2.05) is 0 Å². The van der Waals surface area contributed by atoms with Crippen LogP contribution in [0.25, 0.3) is 0 Å². The SMILES string of the molecule is N=C(N)NCCC[C@H](NC(=O)CN)C(=O)N[C@@H](CCCCN)C(=O)N[C@@H](CCCCN)C(=O)N[C@@H](CCCCN)C(=O)N[C@@H](CCCNC(=N)N)C(=O)N[C@@H](CCCNC(=N)N)C(=O)N[C@@H](CCC(N)=O)C(=O)N[C@@H](CCCNC(=N)N)C(=O)N[C@@H](CS)C(=O)O. The first-order chi connectivity index (χ1) is 43.1. The molecule has 0 bridgehead atoms. The Balaban J connectivity index is 7.36. The Bertz CT molecular complexity index is 2380. The number of nitrogens with two attached hydrogens (primary N) is 9. The van der Waals surface area contributed by atoms with Crippen LogP contribution in [0.4, 0.5) is 0 Å². The van der Waals surface area contributed by atoms with Crippen molar-refractivity contribution in [2.75, 3.05) is 58.1 Å². The summed E-state index contributed by atoms with van der Waals surface area (Å²) in [6.07, 6.45) is 1.17. The molecule has 0 rings (SSSR count). The molecule has 9 atom stereocenters. The van der Waals surface area contributed by atoms with E-state index in [1.165, 1.54) is 0 Å². The standard InChI is InChI=1S/C52H102N26O12S/c53-20-4-1-11-30(71-40(81)29(70-39(80)27-56)14-7-23-66-49(58)59)41(82)72-31(12-2-5-21-54)42(83)73-32(13-3-6-22-55)43(84)74-33(15-8-24-67-50(60)61)44(85)75-34(16-9-25-68-51(62)63)45(86)77-36(18-19-38(57)79)47(88)76-35(17-10-26-69-52(64)65)46(87)78-37(28-91)48(89)90/h29-37,91H,1-28,53-56H2,(H2,57,79)(H,70,80)(H,71,81)(H,72,82)(H,73,83)(H,74,84)(H,75,85)(H,76,88)(H,77,86)(H,78,87)(H,89,90)(H4,58,59,66)(H4,60,61,67)(H4,62,63,68)(H4,64,65,69)/t29-,30-,31-,32-,33-,34-,35-,36-,37-/m0/s1. The molecule has 0 saturated carbocycles. The summed E-state index contributed by atoms with van der Waals surface area (Å²) in [6.45, 7) is 0.447. The van der Waals surface area contributed by atoms with E-state index in [-0.39, 0.29) is 135 Å². The van der Waals surface area contributed by atoms with Crippen molar-refractivity contribution in [3.05, 3.63) is 0 Å². The van der Waals surface area contributed by atoms with Crippen molar-refractivity contribution in [2.45, 2.75) is 176 Å². The number of hydrogen-bond acceptors (Lipinski definition) is 20. The lowest BCUT2D eigenvalue weighted by Crippen LogP contribution is -2.60. The van der Waals surface area contributed by atoms with Gasteiger partial charge in [-0.15, -0.1) is 0 Å². The fraction of sp³-hybridized carbons (Fsp3) is 0.712. The van der Waals surface area contributed by atoms with Gasteiger partial charge in [-0.1, -0.05) is 0 Å². The van der Waals surface area contributed by atoms with Crippen molar-refractivity contribution in [1.82, 2.24) is 69.1 Å². The third-order valence-corrected chi connectivity index (χ3v) is 13.9. The molecule has 0 radical (unpaired) electrons. The summed E-state index contributed by atoms with van der Waals surface area (Å²) in [5, 5.41) is 73.1. The van der Waals surface area contributed by atoms with Gasteiger partial charge in [-0.3, -0.25) is 69.6 Å². The lowest BCUT2D eigenvalue weighted by Gasteiger charge is -2.28. The molecular weight excluding hydrogens is 1210 g/mol. The molecule has 0 unspecified atom stereocenters. The van der Waals surface area contributed by atoms with Crippen LogP contribution in [-0.2, 0) is 52.7 Å². The summed E-state index contributed by atoms with van der Waals surface area (Å²) >= 11 is 3.97. The minimum Gasteiger partial charge on any atom is -0.480 e. The van der Waals surface area contributed by atoms with Gasteiger partial charge in [0.05, 0.1) is 6.54 Å². The number of hydrogen-bond donors (Lipinski definition) is 28. The third kappa shape index (κ3) is 38.6. The number of aliphatic carboxylic acids is 1. The molecule has 10 amide bonds. The van der Waals surface area contributed by atoms with Gasteiger partial charge in [-0.05, 0) is 135 Å². The second kappa shape index (κ2) is 48.3. The van der Waals surface area contributed by atoms with Crippen molar-refractivity contribution >= 4 is 102 Å². The van der Waals surface area contributed by atoms with Crippen LogP contribution in [0.2, 0.25) is 0 Å². The summed E-state index contributed by atoms with van der Waals surface area (Å²) in [4.78, 5) is 150. The number of thiol groups is 1. The quantitative estimate of drug-likeness (QED) is 0.0116. The van der Waals surface area contributed by atoms with Crippen molar-refractivity contribution in [3.8, 4) is 0 Å².